The molecule has 0 aromatic carbocycles. The fraction of sp³-hybridized carbons (Fsp3) is 0.500. The van der Waals surface area contributed by atoms with Gasteiger partial charge in [0.2, 0.25) is 0 Å². The average molecular weight is 165 g/mol. The van der Waals surface area contributed by atoms with Gasteiger partial charge in [-0.25, -0.2) is 0 Å². The normalized spacial score (nSPS) is 10.2. The maximum atomic E-state index is 11.4. The molecule has 0 aliphatic heterocycles. The first-order valence-corrected chi connectivity index (χ1v) is 4.39. The van der Waals surface area contributed by atoms with Crippen LogP contribution in [-0.2, 0) is 13.0 Å². The lowest BCUT2D eigenvalue weighted by atomic mass is 10.2. The van der Waals surface area contributed by atoms with Gasteiger partial charge in [-0.3, -0.25) is 4.79 Å². The highest BCUT2D eigenvalue weighted by molar-refractivity contribution is 5.17. The Kier molecular flexibility index (Phi) is 2.69. The van der Waals surface area contributed by atoms with Gasteiger partial charge in [0.15, 0.2) is 0 Å². The predicted molar refractivity (Wildman–Crippen MR) is 50.5 cm³/mol. The summed E-state index contributed by atoms with van der Waals surface area (Å²) < 4.78 is 1.76. The van der Waals surface area contributed by atoms with Crippen molar-refractivity contribution in [2.24, 2.45) is 0 Å². The maximum absolute atomic E-state index is 11.4. The summed E-state index contributed by atoms with van der Waals surface area (Å²) in [5.41, 5.74) is 2.21. The van der Waals surface area contributed by atoms with Crippen LogP contribution in [0.4, 0.5) is 0 Å². The highest BCUT2D eigenvalue weighted by atomic mass is 16.1. The fourth-order valence-electron chi connectivity index (χ4n) is 1.29. The van der Waals surface area contributed by atoms with Gasteiger partial charge in [-0.1, -0.05) is 6.92 Å². The second-order valence-corrected chi connectivity index (χ2v) is 2.98. The highest BCUT2D eigenvalue weighted by Gasteiger charge is 1.99. The molecule has 1 aromatic rings. The summed E-state index contributed by atoms with van der Waals surface area (Å²) in [5.74, 6) is 0. The topological polar surface area (TPSA) is 22.0 Å². The Balaban J connectivity index is 3.29. The molecule has 0 atom stereocenters. The number of pyridine rings is 1. The van der Waals surface area contributed by atoms with E-state index >= 15 is 0 Å². The lowest BCUT2D eigenvalue weighted by molar-refractivity contribution is 0.713. The van der Waals surface area contributed by atoms with Crippen molar-refractivity contribution in [3.63, 3.8) is 0 Å². The van der Waals surface area contributed by atoms with Crippen LogP contribution in [0.1, 0.15) is 25.0 Å². The Morgan fingerprint density at radius 3 is 2.58 bits per heavy atom. The number of rotatable bonds is 2. The predicted octanol–water partition coefficient (Wildman–Crippen LogP) is 1.74. The van der Waals surface area contributed by atoms with Crippen LogP contribution < -0.4 is 5.56 Å². The highest BCUT2D eigenvalue weighted by Crippen LogP contribution is 2.00. The van der Waals surface area contributed by atoms with Crippen LogP contribution in [0, 0.1) is 6.92 Å². The first kappa shape index (κ1) is 9.04. The number of aromatic nitrogens is 1. The summed E-state index contributed by atoms with van der Waals surface area (Å²) in [7, 11) is 0. The summed E-state index contributed by atoms with van der Waals surface area (Å²) in [4.78, 5) is 11.4. The largest absolute Gasteiger partial charge is 0.315 e. The van der Waals surface area contributed by atoms with Crippen LogP contribution in [0.25, 0.3) is 0 Å². The van der Waals surface area contributed by atoms with Crippen LogP contribution in [0.3, 0.4) is 0 Å². The average Bonchev–Trinajstić information content (AvgIpc) is 2.09. The first-order chi connectivity index (χ1) is 5.69. The maximum Gasteiger partial charge on any atom is 0.253 e. The Hall–Kier alpha value is -1.05. The van der Waals surface area contributed by atoms with Crippen molar-refractivity contribution >= 4 is 0 Å². The van der Waals surface area contributed by atoms with E-state index in [1.165, 1.54) is 5.56 Å². The van der Waals surface area contributed by atoms with Crippen molar-refractivity contribution in [1.29, 1.82) is 0 Å². The molecule has 0 N–H and O–H groups in total. The molecular weight excluding hydrogens is 150 g/mol. The fourth-order valence-corrected chi connectivity index (χ4v) is 1.29. The Morgan fingerprint density at radius 2 is 2.08 bits per heavy atom. The molecule has 0 saturated carbocycles. The molecule has 0 aliphatic carbocycles. The summed E-state index contributed by atoms with van der Waals surface area (Å²) in [6, 6.07) is 1.97. The Labute approximate surface area is 72.8 Å². The zero-order chi connectivity index (χ0) is 9.14. The number of aryl methyl sites for hydroxylation is 3. The van der Waals surface area contributed by atoms with Crippen molar-refractivity contribution in [2.45, 2.75) is 33.7 Å². The van der Waals surface area contributed by atoms with E-state index in [0.717, 1.165) is 18.5 Å². The molecule has 66 valence electrons. The minimum atomic E-state index is 0.134. The van der Waals surface area contributed by atoms with E-state index in [2.05, 4.69) is 6.92 Å². The Morgan fingerprint density at radius 1 is 1.42 bits per heavy atom. The molecule has 1 aromatic heterocycles. The summed E-state index contributed by atoms with van der Waals surface area (Å²) in [6.45, 7) is 6.71. The number of hydrogen-bond acceptors (Lipinski definition) is 1. The third kappa shape index (κ3) is 1.58. The van der Waals surface area contributed by atoms with E-state index in [9.17, 15) is 4.79 Å². The summed E-state index contributed by atoms with van der Waals surface area (Å²) >= 11 is 0. The third-order valence-corrected chi connectivity index (χ3v) is 2.07. The van der Waals surface area contributed by atoms with Gasteiger partial charge < -0.3 is 4.57 Å². The minimum Gasteiger partial charge on any atom is -0.315 e. The number of nitrogens with zero attached hydrogens (tertiary/aromatic N) is 1. The van der Waals surface area contributed by atoms with Gasteiger partial charge in [-0.05, 0) is 31.9 Å². The molecule has 12 heavy (non-hydrogen) atoms. The lowest BCUT2D eigenvalue weighted by Gasteiger charge is -2.05. The molecule has 2 nitrogen and oxygen atoms in total. The lowest BCUT2D eigenvalue weighted by Crippen LogP contribution is -2.21. The van der Waals surface area contributed by atoms with Gasteiger partial charge in [0.25, 0.3) is 5.56 Å². The molecule has 0 spiro atoms. The van der Waals surface area contributed by atoms with Gasteiger partial charge in [0.05, 0.1) is 0 Å². The first-order valence-electron chi connectivity index (χ1n) is 4.39. The van der Waals surface area contributed by atoms with Crippen molar-refractivity contribution < 1.29 is 0 Å². The van der Waals surface area contributed by atoms with E-state index in [1.807, 2.05) is 26.1 Å². The Bertz CT molecular complexity index is 325. The molecule has 0 aliphatic rings. The van der Waals surface area contributed by atoms with E-state index in [-0.39, 0.29) is 5.56 Å². The van der Waals surface area contributed by atoms with Crippen molar-refractivity contribution in [1.82, 2.24) is 4.57 Å². The molecule has 1 heterocycles. The van der Waals surface area contributed by atoms with Crippen LogP contribution in [0.15, 0.2) is 17.1 Å². The molecule has 0 fully saturated rings. The summed E-state index contributed by atoms with van der Waals surface area (Å²) in [6.07, 6.45) is 2.93. The van der Waals surface area contributed by atoms with Gasteiger partial charge in [0, 0.05) is 18.3 Å². The zero-order valence-corrected chi connectivity index (χ0v) is 7.92. The van der Waals surface area contributed by atoms with Crippen LogP contribution >= 0.6 is 0 Å². The number of hydrogen-bond donors (Lipinski definition) is 0. The van der Waals surface area contributed by atoms with E-state index < -0.39 is 0 Å². The van der Waals surface area contributed by atoms with Crippen LogP contribution in [0.2, 0.25) is 0 Å². The van der Waals surface area contributed by atoms with Crippen LogP contribution in [0.5, 0.6) is 0 Å². The smallest absolute Gasteiger partial charge is 0.253 e. The monoisotopic (exact) mass is 165 g/mol. The van der Waals surface area contributed by atoms with Crippen molar-refractivity contribution in [3.05, 3.63) is 33.7 Å². The second kappa shape index (κ2) is 3.57. The third-order valence-electron chi connectivity index (χ3n) is 2.07. The van der Waals surface area contributed by atoms with E-state index in [0.29, 0.717) is 0 Å². The molecule has 0 unspecified atom stereocenters. The summed E-state index contributed by atoms with van der Waals surface area (Å²) in [5, 5.41) is 0. The van der Waals surface area contributed by atoms with E-state index in [1.54, 1.807) is 4.57 Å². The molecule has 1 rings (SSSR count). The SMILES string of the molecule is CCc1cc(C)c(=O)n(CC)c1. The quantitative estimate of drug-likeness (QED) is 0.654. The zero-order valence-electron chi connectivity index (χ0n) is 7.92. The van der Waals surface area contributed by atoms with E-state index in [4.69, 9.17) is 0 Å². The molecule has 2 heteroatoms. The van der Waals surface area contributed by atoms with Crippen LogP contribution in [-0.4, -0.2) is 4.57 Å². The standard InChI is InChI=1S/C10H15NO/c1-4-9-6-8(3)10(12)11(5-2)7-9/h6-7H,4-5H2,1-3H3. The van der Waals surface area contributed by atoms with Crippen molar-refractivity contribution in [2.75, 3.05) is 0 Å². The second-order valence-electron chi connectivity index (χ2n) is 2.98. The van der Waals surface area contributed by atoms with Gasteiger partial charge in [0.1, 0.15) is 0 Å². The molecule has 0 saturated heterocycles. The molecule has 0 radical (unpaired) electrons. The van der Waals surface area contributed by atoms with Gasteiger partial charge in [-0.15, -0.1) is 0 Å². The minimum absolute atomic E-state index is 0.134. The van der Waals surface area contributed by atoms with Gasteiger partial charge in [-0.2, -0.15) is 0 Å². The molecule has 0 amide bonds. The molecular formula is C10H15NO. The van der Waals surface area contributed by atoms with Gasteiger partial charge >= 0.3 is 0 Å². The van der Waals surface area contributed by atoms with Crippen molar-refractivity contribution in [3.8, 4) is 0 Å². The molecule has 0 bridgehead atoms.